The number of nitrogens with zero attached hydrogens (tertiary/aromatic N) is 2. The van der Waals surface area contributed by atoms with E-state index < -0.39 is 0 Å². The maximum Gasteiger partial charge on any atom is 0.256 e. The molecule has 4 rings (SSSR count). The van der Waals surface area contributed by atoms with Crippen molar-refractivity contribution in [1.82, 2.24) is 9.78 Å². The van der Waals surface area contributed by atoms with Gasteiger partial charge in [0, 0.05) is 40.4 Å². The van der Waals surface area contributed by atoms with Crippen molar-refractivity contribution >= 4 is 35.1 Å². The van der Waals surface area contributed by atoms with Crippen molar-refractivity contribution in [3.8, 4) is 11.3 Å². The monoisotopic (exact) mass is 442 g/mol. The lowest BCUT2D eigenvalue weighted by Crippen LogP contribution is -2.14. The highest BCUT2D eigenvalue weighted by molar-refractivity contribution is 7.98. The van der Waals surface area contributed by atoms with Gasteiger partial charge in [0.15, 0.2) is 0 Å². The van der Waals surface area contributed by atoms with Crippen molar-refractivity contribution in [2.75, 3.05) is 16.9 Å². The van der Waals surface area contributed by atoms with Crippen LogP contribution in [0.3, 0.4) is 0 Å². The lowest BCUT2D eigenvalue weighted by molar-refractivity contribution is 0.101. The van der Waals surface area contributed by atoms with E-state index in [1.165, 1.54) is 0 Å². The van der Waals surface area contributed by atoms with Crippen LogP contribution in [0.2, 0.25) is 0 Å². The Hall–Kier alpha value is -3.84. The first-order chi connectivity index (χ1) is 15.5. The van der Waals surface area contributed by atoms with Gasteiger partial charge in [0.2, 0.25) is 0 Å². The maximum atomic E-state index is 12.6. The average Bonchev–Trinajstić information content (AvgIpc) is 3.20. The fraction of sp³-hybridized carbons (Fsp3) is 0.0800. The first kappa shape index (κ1) is 21.4. The lowest BCUT2D eigenvalue weighted by atomic mass is 10.1. The number of amides is 2. The molecule has 0 aliphatic heterocycles. The third-order valence-corrected chi connectivity index (χ3v) is 5.65. The summed E-state index contributed by atoms with van der Waals surface area (Å²) in [5.74, 6) is 0.252. The summed E-state index contributed by atoms with van der Waals surface area (Å²) in [6, 6.07) is 25.8. The molecule has 160 valence electrons. The first-order valence-electron chi connectivity index (χ1n) is 10.00. The summed E-state index contributed by atoms with van der Waals surface area (Å²) in [6.07, 6.45) is 1.97. The molecule has 0 saturated heterocycles. The zero-order chi connectivity index (χ0) is 22.5. The van der Waals surface area contributed by atoms with Crippen LogP contribution in [0.25, 0.3) is 11.3 Å². The average molecular weight is 443 g/mol. The summed E-state index contributed by atoms with van der Waals surface area (Å²) in [4.78, 5) is 26.0. The molecule has 2 N–H and O–H groups in total. The minimum absolute atomic E-state index is 0.160. The minimum atomic E-state index is -0.186. The van der Waals surface area contributed by atoms with Crippen LogP contribution in [0.15, 0.2) is 89.8 Å². The second kappa shape index (κ2) is 9.53. The van der Waals surface area contributed by atoms with E-state index in [-0.39, 0.29) is 11.8 Å². The summed E-state index contributed by atoms with van der Waals surface area (Å²) in [5.41, 5.74) is 3.49. The van der Waals surface area contributed by atoms with E-state index in [2.05, 4.69) is 15.7 Å². The van der Waals surface area contributed by atoms with Crippen LogP contribution in [0.4, 0.5) is 11.5 Å². The number of benzene rings is 3. The highest BCUT2D eigenvalue weighted by atomic mass is 32.2. The second-order valence-corrected chi connectivity index (χ2v) is 8.00. The molecule has 6 nitrogen and oxygen atoms in total. The number of anilines is 2. The third kappa shape index (κ3) is 4.90. The molecule has 0 aliphatic rings. The number of carbonyl (C=O) groups is 2. The number of hydrogen-bond acceptors (Lipinski definition) is 4. The van der Waals surface area contributed by atoms with E-state index in [1.54, 1.807) is 41.7 Å². The second-order valence-electron chi connectivity index (χ2n) is 7.12. The predicted molar refractivity (Wildman–Crippen MR) is 129 cm³/mol. The van der Waals surface area contributed by atoms with Crippen LogP contribution in [0, 0.1) is 0 Å². The molecule has 0 atom stereocenters. The number of rotatable bonds is 6. The van der Waals surface area contributed by atoms with E-state index in [4.69, 9.17) is 0 Å². The van der Waals surface area contributed by atoms with E-state index in [1.807, 2.05) is 73.0 Å². The molecule has 0 fully saturated rings. The van der Waals surface area contributed by atoms with Crippen molar-refractivity contribution in [3.05, 3.63) is 96.1 Å². The van der Waals surface area contributed by atoms with Gasteiger partial charge in [-0.1, -0.05) is 36.4 Å². The summed E-state index contributed by atoms with van der Waals surface area (Å²) in [5, 5.41) is 10.3. The molecule has 0 radical (unpaired) electrons. The van der Waals surface area contributed by atoms with E-state index in [9.17, 15) is 9.59 Å². The molecule has 1 aromatic heterocycles. The van der Waals surface area contributed by atoms with Gasteiger partial charge in [-0.05, 0) is 48.7 Å². The minimum Gasteiger partial charge on any atom is -0.322 e. The van der Waals surface area contributed by atoms with Gasteiger partial charge in [-0.15, -0.1) is 11.8 Å². The quantitative estimate of drug-likeness (QED) is 0.397. The Balaban J connectivity index is 1.46. The number of aromatic nitrogens is 2. The molecule has 32 heavy (non-hydrogen) atoms. The predicted octanol–water partition coefficient (Wildman–Crippen LogP) is 5.31. The fourth-order valence-electron chi connectivity index (χ4n) is 3.20. The van der Waals surface area contributed by atoms with Crippen molar-refractivity contribution in [2.45, 2.75) is 4.90 Å². The number of aryl methyl sites for hydroxylation is 1. The van der Waals surface area contributed by atoms with Crippen molar-refractivity contribution < 1.29 is 9.59 Å². The van der Waals surface area contributed by atoms with Crippen molar-refractivity contribution in [3.63, 3.8) is 0 Å². The highest BCUT2D eigenvalue weighted by Crippen LogP contribution is 2.24. The van der Waals surface area contributed by atoms with Gasteiger partial charge in [0.25, 0.3) is 11.8 Å². The van der Waals surface area contributed by atoms with Crippen LogP contribution in [0.1, 0.15) is 20.7 Å². The smallest absolute Gasteiger partial charge is 0.256 e. The lowest BCUT2D eigenvalue weighted by Gasteiger charge is -2.06. The van der Waals surface area contributed by atoms with Gasteiger partial charge in [-0.3, -0.25) is 14.3 Å². The van der Waals surface area contributed by atoms with Gasteiger partial charge in [0.05, 0.1) is 5.69 Å². The Labute approximate surface area is 190 Å². The van der Waals surface area contributed by atoms with Crippen LogP contribution in [-0.2, 0) is 7.05 Å². The van der Waals surface area contributed by atoms with E-state index in [0.717, 1.165) is 16.2 Å². The van der Waals surface area contributed by atoms with Gasteiger partial charge >= 0.3 is 0 Å². The van der Waals surface area contributed by atoms with Crippen molar-refractivity contribution in [1.29, 1.82) is 0 Å². The normalized spacial score (nSPS) is 10.6. The molecule has 0 unspecified atom stereocenters. The molecule has 7 heteroatoms. The Morgan fingerprint density at radius 2 is 1.50 bits per heavy atom. The maximum absolute atomic E-state index is 12.6. The molecular weight excluding hydrogens is 420 g/mol. The number of thioether (sulfide) groups is 1. The van der Waals surface area contributed by atoms with Crippen LogP contribution in [0.5, 0.6) is 0 Å². The Morgan fingerprint density at radius 3 is 2.22 bits per heavy atom. The molecule has 0 bridgehead atoms. The van der Waals surface area contributed by atoms with E-state index >= 15 is 0 Å². The van der Waals surface area contributed by atoms with Crippen LogP contribution < -0.4 is 10.6 Å². The Bertz CT molecular complexity index is 1250. The summed E-state index contributed by atoms with van der Waals surface area (Å²) < 4.78 is 1.64. The molecule has 2 amide bonds. The van der Waals surface area contributed by atoms with Crippen LogP contribution in [-0.4, -0.2) is 27.9 Å². The van der Waals surface area contributed by atoms with Gasteiger partial charge in [0.1, 0.15) is 5.82 Å². The first-order valence-corrected chi connectivity index (χ1v) is 11.2. The fourth-order valence-corrected chi connectivity index (χ4v) is 3.65. The topological polar surface area (TPSA) is 76.0 Å². The van der Waals surface area contributed by atoms with Gasteiger partial charge in [-0.2, -0.15) is 5.10 Å². The Morgan fingerprint density at radius 1 is 0.812 bits per heavy atom. The summed E-state index contributed by atoms with van der Waals surface area (Å²) in [6.45, 7) is 0. The van der Waals surface area contributed by atoms with Gasteiger partial charge < -0.3 is 10.6 Å². The Kier molecular flexibility index (Phi) is 6.37. The molecule has 3 aromatic carbocycles. The zero-order valence-electron chi connectivity index (χ0n) is 17.7. The number of carbonyl (C=O) groups excluding carboxylic acids is 2. The number of hydrogen-bond donors (Lipinski definition) is 2. The zero-order valence-corrected chi connectivity index (χ0v) is 18.5. The number of nitrogens with one attached hydrogen (secondary N) is 2. The van der Waals surface area contributed by atoms with Gasteiger partial charge in [-0.25, -0.2) is 0 Å². The van der Waals surface area contributed by atoms with Crippen LogP contribution >= 0.6 is 11.8 Å². The summed E-state index contributed by atoms with van der Waals surface area (Å²) in [7, 11) is 1.78. The molecule has 1 heterocycles. The third-order valence-electron chi connectivity index (χ3n) is 4.93. The molecular formula is C25H22N4O2S. The summed E-state index contributed by atoms with van der Waals surface area (Å²) >= 11 is 1.59. The molecule has 0 aliphatic carbocycles. The molecule has 4 aromatic rings. The molecule has 0 saturated carbocycles. The molecule has 0 spiro atoms. The highest BCUT2D eigenvalue weighted by Gasteiger charge is 2.13. The largest absolute Gasteiger partial charge is 0.322 e. The standard InChI is InChI=1S/C25H22N4O2S/c1-29-23(27-25(31)19-9-6-10-21(15-19)32-2)16-22(28-29)17-11-13-20(14-12-17)26-24(30)18-7-4-3-5-8-18/h3-16H,1-2H3,(H,26,30)(H,27,31). The van der Waals surface area contributed by atoms with E-state index in [0.29, 0.717) is 22.6 Å². The van der Waals surface area contributed by atoms with Crippen molar-refractivity contribution in [2.24, 2.45) is 7.05 Å². The SMILES string of the molecule is CSc1cccc(C(=O)Nc2cc(-c3ccc(NC(=O)c4ccccc4)cc3)nn2C)c1.